The van der Waals surface area contributed by atoms with E-state index in [1.165, 1.54) is 21.1 Å². The van der Waals surface area contributed by atoms with Crippen LogP contribution in [0, 0.1) is 12.8 Å². The summed E-state index contributed by atoms with van der Waals surface area (Å²) in [4.78, 5) is 44.9. The Morgan fingerprint density at radius 2 is 1.86 bits per heavy atom. The minimum absolute atomic E-state index is 0.0306. The molecule has 35 heavy (non-hydrogen) atoms. The third-order valence-corrected chi connectivity index (χ3v) is 7.57. The minimum Gasteiger partial charge on any atom is -0.450 e. The highest BCUT2D eigenvalue weighted by molar-refractivity contribution is 7.15. The summed E-state index contributed by atoms with van der Waals surface area (Å²) in [5, 5.41) is 9.93. The van der Waals surface area contributed by atoms with E-state index < -0.39 is 22.8 Å². The second-order valence-electron chi connectivity index (χ2n) is 9.44. The van der Waals surface area contributed by atoms with Crippen LogP contribution in [0.4, 0.5) is 10.8 Å². The van der Waals surface area contributed by atoms with Crippen LogP contribution < -0.4 is 15.2 Å². The van der Waals surface area contributed by atoms with Crippen LogP contribution in [0.25, 0.3) is 11.0 Å². The lowest BCUT2D eigenvalue weighted by molar-refractivity contribution is -0.121. The first-order chi connectivity index (χ1) is 16.7. The Balaban J connectivity index is 1.72. The SMILES string of the molecule is Cc1ccc2oc3c(c(=O)c2c1)C1(C(=O)N(C)c2ccccc21)N(c1nnc(CC(C)C)s1)C3=O. The van der Waals surface area contributed by atoms with Gasteiger partial charge in [0, 0.05) is 24.7 Å². The van der Waals surface area contributed by atoms with E-state index in [2.05, 4.69) is 24.0 Å². The van der Waals surface area contributed by atoms with Crippen LogP contribution in [-0.4, -0.2) is 29.1 Å². The quantitative estimate of drug-likeness (QED) is 0.434. The molecule has 2 aromatic heterocycles. The molecule has 6 rings (SSSR count). The number of carbonyl (C=O) groups excluding carboxylic acids is 2. The molecule has 0 aliphatic carbocycles. The van der Waals surface area contributed by atoms with Gasteiger partial charge in [0.1, 0.15) is 10.6 Å². The van der Waals surface area contributed by atoms with Gasteiger partial charge in [0.15, 0.2) is 11.0 Å². The van der Waals surface area contributed by atoms with Gasteiger partial charge >= 0.3 is 0 Å². The van der Waals surface area contributed by atoms with Crippen LogP contribution in [0.5, 0.6) is 0 Å². The molecule has 0 bridgehead atoms. The van der Waals surface area contributed by atoms with Gasteiger partial charge in [-0.05, 0) is 31.0 Å². The van der Waals surface area contributed by atoms with Crippen molar-refractivity contribution in [3.8, 4) is 0 Å². The van der Waals surface area contributed by atoms with Gasteiger partial charge in [-0.2, -0.15) is 0 Å². The number of hydrogen-bond acceptors (Lipinski definition) is 7. The first kappa shape index (κ1) is 21.7. The van der Waals surface area contributed by atoms with Gasteiger partial charge in [-0.15, -0.1) is 10.2 Å². The zero-order chi connectivity index (χ0) is 24.6. The summed E-state index contributed by atoms with van der Waals surface area (Å²) < 4.78 is 6.06. The Bertz CT molecular complexity index is 1620. The van der Waals surface area contributed by atoms with Gasteiger partial charge in [-0.1, -0.05) is 55.0 Å². The van der Waals surface area contributed by atoms with Crippen molar-refractivity contribution in [2.24, 2.45) is 5.92 Å². The van der Waals surface area contributed by atoms with Gasteiger partial charge in [0.2, 0.25) is 10.9 Å². The Hall–Kier alpha value is -3.85. The summed E-state index contributed by atoms with van der Waals surface area (Å²) in [6.45, 7) is 6.02. The highest BCUT2D eigenvalue weighted by Gasteiger charge is 2.66. The number of hydrogen-bond donors (Lipinski definition) is 0. The van der Waals surface area contributed by atoms with E-state index >= 15 is 0 Å². The third-order valence-electron chi connectivity index (χ3n) is 6.64. The second-order valence-corrected chi connectivity index (χ2v) is 10.5. The zero-order valence-corrected chi connectivity index (χ0v) is 20.5. The first-order valence-corrected chi connectivity index (χ1v) is 12.2. The van der Waals surface area contributed by atoms with E-state index in [0.717, 1.165) is 10.6 Å². The van der Waals surface area contributed by atoms with Crippen molar-refractivity contribution in [3.05, 3.63) is 80.1 Å². The summed E-state index contributed by atoms with van der Waals surface area (Å²) >= 11 is 1.25. The number of aryl methyl sites for hydroxylation is 1. The highest BCUT2D eigenvalue weighted by Crippen LogP contribution is 2.53. The van der Waals surface area contributed by atoms with Gasteiger partial charge < -0.3 is 9.32 Å². The number of carbonyl (C=O) groups is 2. The second kappa shape index (κ2) is 7.32. The summed E-state index contributed by atoms with van der Waals surface area (Å²) in [5.74, 6) is -0.783. The Labute approximate surface area is 204 Å². The number of rotatable bonds is 3. The Kier molecular flexibility index (Phi) is 4.53. The summed E-state index contributed by atoms with van der Waals surface area (Å²) in [6, 6.07) is 12.4. The molecule has 1 unspecified atom stereocenters. The van der Waals surface area contributed by atoms with Crippen LogP contribution in [0.15, 0.2) is 51.7 Å². The molecule has 1 atom stereocenters. The fourth-order valence-corrected chi connectivity index (χ4v) is 6.25. The van der Waals surface area contributed by atoms with Crippen LogP contribution in [0.2, 0.25) is 0 Å². The fourth-order valence-electron chi connectivity index (χ4n) is 5.15. The predicted molar refractivity (Wildman–Crippen MR) is 133 cm³/mol. The van der Waals surface area contributed by atoms with Crippen molar-refractivity contribution in [1.29, 1.82) is 0 Å². The van der Waals surface area contributed by atoms with Crippen molar-refractivity contribution in [1.82, 2.24) is 10.2 Å². The average molecular weight is 487 g/mol. The zero-order valence-electron chi connectivity index (χ0n) is 19.7. The van der Waals surface area contributed by atoms with Gasteiger partial charge in [-0.25, -0.2) is 0 Å². The van der Waals surface area contributed by atoms with Crippen LogP contribution in [-0.2, 0) is 16.8 Å². The molecule has 0 saturated heterocycles. The summed E-state index contributed by atoms with van der Waals surface area (Å²) in [6.07, 6.45) is 0.685. The fraction of sp³-hybridized carbons (Fsp3) is 0.269. The Morgan fingerprint density at radius 3 is 2.63 bits per heavy atom. The number of anilines is 2. The van der Waals surface area contributed by atoms with Crippen molar-refractivity contribution in [2.45, 2.75) is 32.7 Å². The molecule has 8 nitrogen and oxygen atoms in total. The van der Waals surface area contributed by atoms with E-state index in [1.54, 1.807) is 37.4 Å². The molecule has 2 aromatic carbocycles. The number of amides is 2. The Morgan fingerprint density at radius 1 is 1.09 bits per heavy atom. The molecular formula is C26H22N4O4S. The molecule has 0 fully saturated rings. The molecular weight excluding hydrogens is 464 g/mol. The van der Waals surface area contributed by atoms with E-state index in [0.29, 0.717) is 34.6 Å². The lowest BCUT2D eigenvalue weighted by atomic mass is 9.84. The first-order valence-electron chi connectivity index (χ1n) is 11.4. The normalized spacial score (nSPS) is 18.9. The summed E-state index contributed by atoms with van der Waals surface area (Å²) in [5.41, 5.74) is 0.255. The van der Waals surface area contributed by atoms with Crippen LogP contribution in [0.1, 0.15) is 46.1 Å². The number of para-hydroxylation sites is 1. The highest BCUT2D eigenvalue weighted by atomic mass is 32.1. The standard InChI is InChI=1S/C26H22N4O4S/c1-13(2)11-19-27-28-25(35-19)30-23(32)22-20(21(31)15-12-14(3)9-10-18(15)34-22)26(30)16-7-5-6-8-17(16)29(4)24(26)33/h5-10,12-13H,11H2,1-4H3. The number of nitrogens with zero attached hydrogens (tertiary/aromatic N) is 4. The number of aromatic nitrogens is 2. The molecule has 176 valence electrons. The predicted octanol–water partition coefficient (Wildman–Crippen LogP) is 4.03. The number of fused-ring (bicyclic) bond motifs is 5. The molecule has 4 heterocycles. The van der Waals surface area contributed by atoms with Gasteiger partial charge in [0.05, 0.1) is 10.9 Å². The third kappa shape index (κ3) is 2.75. The molecule has 9 heteroatoms. The maximum absolute atomic E-state index is 14.1. The maximum atomic E-state index is 14.1. The molecule has 0 radical (unpaired) electrons. The monoisotopic (exact) mass is 486 g/mol. The number of likely N-dealkylation sites (N-methyl/N-ethyl adjacent to an activating group) is 1. The van der Waals surface area contributed by atoms with Crippen LogP contribution in [0.3, 0.4) is 0 Å². The van der Waals surface area contributed by atoms with E-state index in [1.807, 2.05) is 19.1 Å². The lowest BCUT2D eigenvalue weighted by Gasteiger charge is -2.31. The molecule has 2 aliphatic heterocycles. The molecule has 2 aliphatic rings. The van der Waals surface area contributed by atoms with Crippen molar-refractivity contribution in [3.63, 3.8) is 0 Å². The minimum atomic E-state index is -1.72. The van der Waals surface area contributed by atoms with Crippen molar-refractivity contribution >= 4 is 44.9 Å². The molecule has 2 amide bonds. The largest absolute Gasteiger partial charge is 0.450 e. The average Bonchev–Trinajstić information content (AvgIpc) is 3.44. The smallest absolute Gasteiger partial charge is 0.297 e. The lowest BCUT2D eigenvalue weighted by Crippen LogP contribution is -2.53. The molecule has 0 N–H and O–H groups in total. The van der Waals surface area contributed by atoms with E-state index in [9.17, 15) is 14.4 Å². The molecule has 1 spiro atoms. The van der Waals surface area contributed by atoms with Crippen LogP contribution >= 0.6 is 11.3 Å². The van der Waals surface area contributed by atoms with Gasteiger partial charge in [-0.3, -0.25) is 19.3 Å². The summed E-state index contributed by atoms with van der Waals surface area (Å²) in [7, 11) is 1.65. The van der Waals surface area contributed by atoms with Crippen molar-refractivity contribution < 1.29 is 14.0 Å². The molecule has 4 aromatic rings. The maximum Gasteiger partial charge on any atom is 0.297 e. The van der Waals surface area contributed by atoms with E-state index in [4.69, 9.17) is 4.42 Å². The van der Waals surface area contributed by atoms with Crippen molar-refractivity contribution in [2.75, 3.05) is 16.8 Å². The molecule has 0 saturated carbocycles. The van der Waals surface area contributed by atoms with E-state index in [-0.39, 0.29) is 16.5 Å². The van der Waals surface area contributed by atoms with Gasteiger partial charge in [0.25, 0.3) is 11.8 Å². The number of benzene rings is 2. The topological polar surface area (TPSA) is 96.6 Å².